The Labute approximate surface area is 197 Å². The molecule has 0 atom stereocenters. The number of benzene rings is 1. The van der Waals surface area contributed by atoms with Crippen LogP contribution in [-0.4, -0.2) is 101 Å². The third kappa shape index (κ3) is 4.48. The largest absolute Gasteiger partial charge is 0.497 e. The van der Waals surface area contributed by atoms with E-state index in [1.54, 1.807) is 55.3 Å². The molecule has 0 bridgehead atoms. The lowest BCUT2D eigenvalue weighted by molar-refractivity contribution is -0.168. The summed E-state index contributed by atoms with van der Waals surface area (Å²) in [5.74, 6) is -0.893. The Kier molecular flexibility index (Phi) is 6.85. The third-order valence-electron chi connectivity index (χ3n) is 6.46. The topological polar surface area (TPSA) is 117 Å². The number of amides is 2. The molecule has 2 aliphatic heterocycles. The number of hydrogen-bond acceptors (Lipinski definition) is 7. The van der Waals surface area contributed by atoms with Gasteiger partial charge in [0.05, 0.1) is 25.9 Å². The van der Waals surface area contributed by atoms with Gasteiger partial charge in [-0.2, -0.15) is 5.10 Å². The SMILES string of the molecule is COc1ccc(-n2nc(C(=O)O)c(C)c2C(=O)N(C)C2CCN(N3CCOCC3=O)CC2)cc1. The van der Waals surface area contributed by atoms with Gasteiger partial charge in [-0.05, 0) is 44.0 Å². The third-order valence-corrected chi connectivity index (χ3v) is 6.46. The first kappa shape index (κ1) is 23.7. The number of carbonyl (C=O) groups excluding carboxylic acids is 2. The Balaban J connectivity index is 1.55. The molecular formula is C23H29N5O6. The molecule has 1 aromatic heterocycles. The number of hydrogen-bond donors (Lipinski definition) is 1. The Morgan fingerprint density at radius 2 is 1.85 bits per heavy atom. The van der Waals surface area contributed by atoms with E-state index in [0.717, 1.165) is 0 Å². The Bertz CT molecular complexity index is 1070. The number of carbonyl (C=O) groups is 3. The van der Waals surface area contributed by atoms with Crippen molar-refractivity contribution < 1.29 is 29.0 Å². The number of hydrazine groups is 1. The Hall–Kier alpha value is -3.44. The first-order valence-corrected chi connectivity index (χ1v) is 11.2. The fraction of sp³-hybridized carbons (Fsp3) is 0.478. The molecule has 2 aromatic rings. The number of methoxy groups -OCH3 is 1. The molecule has 2 fully saturated rings. The zero-order valence-corrected chi connectivity index (χ0v) is 19.6. The molecule has 182 valence electrons. The number of nitrogens with zero attached hydrogens (tertiary/aromatic N) is 5. The zero-order chi connectivity index (χ0) is 24.4. The zero-order valence-electron chi connectivity index (χ0n) is 19.6. The predicted molar refractivity (Wildman–Crippen MR) is 121 cm³/mol. The van der Waals surface area contributed by atoms with E-state index in [1.807, 2.05) is 5.01 Å². The number of piperidine rings is 1. The summed E-state index contributed by atoms with van der Waals surface area (Å²) in [7, 11) is 3.29. The maximum Gasteiger partial charge on any atom is 0.356 e. The van der Waals surface area contributed by atoms with E-state index in [-0.39, 0.29) is 35.9 Å². The van der Waals surface area contributed by atoms with E-state index in [4.69, 9.17) is 9.47 Å². The second kappa shape index (κ2) is 9.82. The van der Waals surface area contributed by atoms with Gasteiger partial charge in [0.15, 0.2) is 5.69 Å². The highest BCUT2D eigenvalue weighted by Crippen LogP contribution is 2.25. The van der Waals surface area contributed by atoms with Crippen LogP contribution in [0.25, 0.3) is 5.69 Å². The maximum atomic E-state index is 13.6. The predicted octanol–water partition coefficient (Wildman–Crippen LogP) is 1.20. The van der Waals surface area contributed by atoms with Crippen LogP contribution in [0, 0.1) is 6.92 Å². The van der Waals surface area contributed by atoms with Crippen molar-refractivity contribution in [1.29, 1.82) is 0 Å². The lowest BCUT2D eigenvalue weighted by Gasteiger charge is -2.43. The van der Waals surface area contributed by atoms with E-state index < -0.39 is 5.97 Å². The monoisotopic (exact) mass is 471 g/mol. The van der Waals surface area contributed by atoms with Crippen molar-refractivity contribution in [2.24, 2.45) is 0 Å². The average molecular weight is 472 g/mol. The van der Waals surface area contributed by atoms with Gasteiger partial charge in [-0.15, -0.1) is 0 Å². The van der Waals surface area contributed by atoms with E-state index >= 15 is 0 Å². The fourth-order valence-corrected chi connectivity index (χ4v) is 4.48. The summed E-state index contributed by atoms with van der Waals surface area (Å²) in [5.41, 5.74) is 0.939. The first-order valence-electron chi connectivity index (χ1n) is 11.2. The molecule has 34 heavy (non-hydrogen) atoms. The summed E-state index contributed by atoms with van der Waals surface area (Å²) in [6.45, 7) is 4.04. The normalized spacial score (nSPS) is 17.6. The number of aromatic nitrogens is 2. The van der Waals surface area contributed by atoms with Crippen molar-refractivity contribution in [2.75, 3.05) is 47.0 Å². The van der Waals surface area contributed by atoms with Crippen LogP contribution >= 0.6 is 0 Å². The van der Waals surface area contributed by atoms with E-state index in [1.165, 1.54) is 4.68 Å². The Morgan fingerprint density at radius 1 is 1.18 bits per heavy atom. The minimum Gasteiger partial charge on any atom is -0.497 e. The Morgan fingerprint density at radius 3 is 2.44 bits per heavy atom. The lowest BCUT2D eigenvalue weighted by Crippen LogP contribution is -2.56. The van der Waals surface area contributed by atoms with Crippen molar-refractivity contribution in [3.05, 3.63) is 41.2 Å². The van der Waals surface area contributed by atoms with Crippen LogP contribution in [0.15, 0.2) is 24.3 Å². The molecule has 11 nitrogen and oxygen atoms in total. The van der Waals surface area contributed by atoms with Gasteiger partial charge in [-0.3, -0.25) is 14.6 Å². The minimum atomic E-state index is -1.19. The van der Waals surface area contributed by atoms with Gasteiger partial charge >= 0.3 is 5.97 Å². The summed E-state index contributed by atoms with van der Waals surface area (Å²) in [4.78, 5) is 39.2. The number of morpholine rings is 1. The molecule has 11 heteroatoms. The maximum absolute atomic E-state index is 13.6. The van der Waals surface area contributed by atoms with Crippen LogP contribution in [0.2, 0.25) is 0 Å². The molecule has 2 aliphatic rings. The molecule has 3 heterocycles. The van der Waals surface area contributed by atoms with Crippen LogP contribution < -0.4 is 4.74 Å². The summed E-state index contributed by atoms with van der Waals surface area (Å²) in [6.07, 6.45) is 1.38. The summed E-state index contributed by atoms with van der Waals surface area (Å²) < 4.78 is 11.8. The van der Waals surface area contributed by atoms with Crippen LogP contribution in [0.3, 0.4) is 0 Å². The summed E-state index contributed by atoms with van der Waals surface area (Å²) in [5, 5.41) is 17.6. The molecule has 0 unspecified atom stereocenters. The number of carboxylic acid groups (broad SMARTS) is 1. The lowest BCUT2D eigenvalue weighted by atomic mass is 10.0. The van der Waals surface area contributed by atoms with E-state index in [0.29, 0.717) is 56.1 Å². The van der Waals surface area contributed by atoms with Gasteiger partial charge in [0, 0.05) is 31.7 Å². The van der Waals surface area contributed by atoms with Crippen molar-refractivity contribution in [2.45, 2.75) is 25.8 Å². The second-order valence-electron chi connectivity index (χ2n) is 8.41. The molecule has 2 amide bonds. The average Bonchev–Trinajstić information content (AvgIpc) is 3.21. The molecule has 0 radical (unpaired) electrons. The van der Waals surface area contributed by atoms with Crippen molar-refractivity contribution in [3.63, 3.8) is 0 Å². The first-order chi connectivity index (χ1) is 16.3. The van der Waals surface area contributed by atoms with Gasteiger partial charge in [-0.1, -0.05) is 0 Å². The van der Waals surface area contributed by atoms with Gasteiger partial charge in [0.2, 0.25) is 0 Å². The smallest absolute Gasteiger partial charge is 0.356 e. The van der Waals surface area contributed by atoms with Crippen LogP contribution in [0.4, 0.5) is 0 Å². The van der Waals surface area contributed by atoms with Crippen LogP contribution in [0.1, 0.15) is 39.4 Å². The number of aromatic carboxylic acids is 1. The highest BCUT2D eigenvalue weighted by atomic mass is 16.5. The molecule has 0 aliphatic carbocycles. The van der Waals surface area contributed by atoms with Gasteiger partial charge < -0.3 is 19.5 Å². The van der Waals surface area contributed by atoms with Crippen molar-refractivity contribution in [3.8, 4) is 11.4 Å². The molecule has 4 rings (SSSR count). The highest BCUT2D eigenvalue weighted by molar-refractivity contribution is 5.98. The van der Waals surface area contributed by atoms with Crippen LogP contribution in [-0.2, 0) is 9.53 Å². The van der Waals surface area contributed by atoms with Gasteiger partial charge in [0.1, 0.15) is 18.1 Å². The van der Waals surface area contributed by atoms with E-state index in [2.05, 4.69) is 5.10 Å². The van der Waals surface area contributed by atoms with Gasteiger partial charge in [-0.25, -0.2) is 14.5 Å². The number of ether oxygens (including phenoxy) is 2. The molecule has 1 N–H and O–H groups in total. The molecule has 1 aromatic carbocycles. The van der Waals surface area contributed by atoms with Gasteiger partial charge in [0.25, 0.3) is 11.8 Å². The molecule has 0 saturated carbocycles. The summed E-state index contributed by atoms with van der Waals surface area (Å²) in [6, 6.07) is 6.87. The molecule has 2 saturated heterocycles. The second-order valence-corrected chi connectivity index (χ2v) is 8.41. The standard InChI is InChI=1S/C23H29N5O6/c1-15-20(23(31)32)24-28(17-4-6-18(33-3)7-5-17)21(15)22(30)25(2)16-8-10-26(11-9-16)27-12-13-34-14-19(27)29/h4-7,16H,8-14H2,1-3H3,(H,31,32). The number of carboxylic acids is 1. The molecule has 0 spiro atoms. The summed E-state index contributed by atoms with van der Waals surface area (Å²) >= 11 is 0. The van der Waals surface area contributed by atoms with Crippen molar-refractivity contribution >= 4 is 17.8 Å². The minimum absolute atomic E-state index is 0.0469. The highest BCUT2D eigenvalue weighted by Gasteiger charge is 2.34. The van der Waals surface area contributed by atoms with Crippen LogP contribution in [0.5, 0.6) is 5.75 Å². The molecular weight excluding hydrogens is 442 g/mol. The fourth-order valence-electron chi connectivity index (χ4n) is 4.48. The quantitative estimate of drug-likeness (QED) is 0.668. The van der Waals surface area contributed by atoms with E-state index in [9.17, 15) is 19.5 Å². The van der Waals surface area contributed by atoms with Crippen molar-refractivity contribution in [1.82, 2.24) is 24.7 Å². The number of rotatable bonds is 6.